The Morgan fingerprint density at radius 1 is 1.44 bits per heavy atom. The monoisotopic (exact) mass is 347 g/mol. The molecule has 10 heteroatoms. The minimum Gasteiger partial charge on any atom is -0.465 e. The van der Waals surface area contributed by atoms with E-state index in [2.05, 4.69) is 19.9 Å². The molecule has 1 aliphatic rings. The summed E-state index contributed by atoms with van der Waals surface area (Å²) in [6.45, 7) is 2.90. The van der Waals surface area contributed by atoms with Crippen molar-refractivity contribution in [3.8, 4) is 0 Å². The van der Waals surface area contributed by atoms with Gasteiger partial charge in [0, 0.05) is 31.3 Å². The highest BCUT2D eigenvalue weighted by Crippen LogP contribution is 2.33. The maximum atomic E-state index is 11.6. The second kappa shape index (κ2) is 6.83. The maximum absolute atomic E-state index is 11.6. The van der Waals surface area contributed by atoms with Crippen molar-refractivity contribution in [2.45, 2.75) is 25.7 Å². The van der Waals surface area contributed by atoms with Crippen LogP contribution in [0.25, 0.3) is 0 Å². The van der Waals surface area contributed by atoms with E-state index in [1.165, 1.54) is 19.4 Å². The number of nitro groups is 1. The molecule has 0 N–H and O–H groups in total. The number of hydrogen-bond donors (Lipinski definition) is 0. The molecule has 0 bridgehead atoms. The SMILES string of the molecule is COC(=O)c1cnc(N2CCC(c3nc(C)no3)CC2)c([N+](=O)[O-])c1. The second-order valence-electron chi connectivity index (χ2n) is 5.76. The molecule has 1 saturated heterocycles. The first-order valence-corrected chi connectivity index (χ1v) is 7.77. The summed E-state index contributed by atoms with van der Waals surface area (Å²) in [5.74, 6) is 0.907. The number of methoxy groups -OCH3 is 1. The van der Waals surface area contributed by atoms with E-state index in [9.17, 15) is 14.9 Å². The Balaban J connectivity index is 1.78. The smallest absolute Gasteiger partial charge is 0.339 e. The fourth-order valence-electron chi connectivity index (χ4n) is 2.87. The summed E-state index contributed by atoms with van der Waals surface area (Å²) >= 11 is 0. The molecule has 1 aliphatic heterocycles. The molecule has 2 aromatic heterocycles. The summed E-state index contributed by atoms with van der Waals surface area (Å²) in [4.78, 5) is 32.6. The summed E-state index contributed by atoms with van der Waals surface area (Å²) in [5.41, 5.74) is -0.163. The van der Waals surface area contributed by atoms with Crippen LogP contribution in [0.1, 0.15) is 40.8 Å². The summed E-state index contributed by atoms with van der Waals surface area (Å²) in [5, 5.41) is 15.2. The zero-order chi connectivity index (χ0) is 18.0. The molecule has 132 valence electrons. The van der Waals surface area contributed by atoms with E-state index >= 15 is 0 Å². The molecule has 10 nitrogen and oxygen atoms in total. The van der Waals surface area contributed by atoms with Crippen LogP contribution in [-0.4, -0.2) is 46.2 Å². The fourth-order valence-corrected chi connectivity index (χ4v) is 2.87. The topological polar surface area (TPSA) is 124 Å². The highest BCUT2D eigenvalue weighted by Gasteiger charge is 2.30. The first-order chi connectivity index (χ1) is 12.0. The molecule has 0 amide bonds. The van der Waals surface area contributed by atoms with E-state index in [1.807, 2.05) is 4.90 Å². The number of esters is 1. The van der Waals surface area contributed by atoms with Crippen LogP contribution < -0.4 is 4.90 Å². The second-order valence-corrected chi connectivity index (χ2v) is 5.76. The number of aromatic nitrogens is 3. The molecule has 0 aromatic carbocycles. The van der Waals surface area contributed by atoms with Gasteiger partial charge in [-0.1, -0.05) is 5.16 Å². The zero-order valence-corrected chi connectivity index (χ0v) is 13.8. The molecule has 2 aromatic rings. The van der Waals surface area contributed by atoms with E-state index in [0.29, 0.717) is 24.8 Å². The average molecular weight is 347 g/mol. The Hall–Kier alpha value is -3.04. The molecular weight excluding hydrogens is 330 g/mol. The Morgan fingerprint density at radius 3 is 2.72 bits per heavy atom. The number of piperidine rings is 1. The van der Waals surface area contributed by atoms with Crippen LogP contribution in [0.15, 0.2) is 16.8 Å². The van der Waals surface area contributed by atoms with E-state index in [4.69, 9.17) is 4.52 Å². The van der Waals surface area contributed by atoms with Gasteiger partial charge in [0.05, 0.1) is 17.6 Å². The molecule has 0 radical (unpaired) electrons. The summed E-state index contributed by atoms with van der Waals surface area (Å²) in [7, 11) is 1.21. The van der Waals surface area contributed by atoms with Crippen molar-refractivity contribution < 1.29 is 19.0 Å². The number of carbonyl (C=O) groups excluding carboxylic acids is 1. The molecule has 0 spiro atoms. The quantitative estimate of drug-likeness (QED) is 0.463. The predicted octanol–water partition coefficient (Wildman–Crippen LogP) is 1.85. The lowest BCUT2D eigenvalue weighted by Gasteiger charge is -2.30. The molecule has 0 saturated carbocycles. The largest absolute Gasteiger partial charge is 0.465 e. The van der Waals surface area contributed by atoms with Gasteiger partial charge in [-0.25, -0.2) is 9.78 Å². The van der Waals surface area contributed by atoms with Gasteiger partial charge < -0.3 is 14.2 Å². The fraction of sp³-hybridized carbons (Fsp3) is 0.467. The van der Waals surface area contributed by atoms with E-state index in [1.54, 1.807) is 6.92 Å². The Labute approximate surface area is 142 Å². The van der Waals surface area contributed by atoms with Crippen LogP contribution >= 0.6 is 0 Å². The van der Waals surface area contributed by atoms with Crippen molar-refractivity contribution in [2.75, 3.05) is 25.1 Å². The number of carbonyl (C=O) groups is 1. The molecule has 3 heterocycles. The lowest BCUT2D eigenvalue weighted by atomic mass is 9.96. The van der Waals surface area contributed by atoms with Gasteiger partial charge in [0.1, 0.15) is 0 Å². The Bertz CT molecular complexity index is 797. The van der Waals surface area contributed by atoms with Crippen LogP contribution in [0.5, 0.6) is 0 Å². The third kappa shape index (κ3) is 3.42. The zero-order valence-electron chi connectivity index (χ0n) is 13.8. The maximum Gasteiger partial charge on any atom is 0.339 e. The van der Waals surface area contributed by atoms with Crippen molar-refractivity contribution >= 4 is 17.5 Å². The predicted molar refractivity (Wildman–Crippen MR) is 85.5 cm³/mol. The van der Waals surface area contributed by atoms with Crippen molar-refractivity contribution in [3.63, 3.8) is 0 Å². The molecule has 3 rings (SSSR count). The first kappa shape index (κ1) is 16.8. The highest BCUT2D eigenvalue weighted by atomic mass is 16.6. The molecule has 0 atom stereocenters. The third-order valence-corrected chi connectivity index (χ3v) is 4.15. The molecule has 0 aliphatic carbocycles. The van der Waals surface area contributed by atoms with Gasteiger partial charge in [-0.3, -0.25) is 10.1 Å². The van der Waals surface area contributed by atoms with Crippen LogP contribution in [0.4, 0.5) is 11.5 Å². The minimum atomic E-state index is -0.660. The number of nitrogens with zero attached hydrogens (tertiary/aromatic N) is 5. The summed E-state index contributed by atoms with van der Waals surface area (Å²) < 4.78 is 9.79. The lowest BCUT2D eigenvalue weighted by Crippen LogP contribution is -2.34. The van der Waals surface area contributed by atoms with Gasteiger partial charge in [-0.05, 0) is 19.8 Å². The number of ether oxygens (including phenoxy) is 1. The van der Waals surface area contributed by atoms with Crippen LogP contribution in [0, 0.1) is 17.0 Å². The first-order valence-electron chi connectivity index (χ1n) is 7.77. The van der Waals surface area contributed by atoms with E-state index < -0.39 is 10.9 Å². The van der Waals surface area contributed by atoms with Crippen molar-refractivity contribution in [2.24, 2.45) is 0 Å². The van der Waals surface area contributed by atoms with Crippen LogP contribution in [0.3, 0.4) is 0 Å². The third-order valence-electron chi connectivity index (χ3n) is 4.15. The van der Waals surface area contributed by atoms with Gasteiger partial charge in [-0.2, -0.15) is 4.98 Å². The van der Waals surface area contributed by atoms with Crippen molar-refractivity contribution in [3.05, 3.63) is 39.7 Å². The minimum absolute atomic E-state index is 0.0502. The van der Waals surface area contributed by atoms with Gasteiger partial charge in [-0.15, -0.1) is 0 Å². The number of pyridine rings is 1. The Kier molecular flexibility index (Phi) is 4.59. The molecular formula is C15H17N5O5. The summed E-state index contributed by atoms with van der Waals surface area (Å²) in [6, 6.07) is 1.20. The number of aryl methyl sites for hydroxylation is 1. The van der Waals surface area contributed by atoms with Gasteiger partial charge in [0.25, 0.3) is 0 Å². The normalized spacial score (nSPS) is 15.2. The van der Waals surface area contributed by atoms with Crippen molar-refractivity contribution in [1.29, 1.82) is 0 Å². The van der Waals surface area contributed by atoms with E-state index in [-0.39, 0.29) is 23.0 Å². The van der Waals surface area contributed by atoms with Crippen LogP contribution in [-0.2, 0) is 4.74 Å². The van der Waals surface area contributed by atoms with Crippen LogP contribution in [0.2, 0.25) is 0 Å². The Morgan fingerprint density at radius 2 is 2.16 bits per heavy atom. The summed E-state index contributed by atoms with van der Waals surface area (Å²) in [6.07, 6.45) is 2.74. The average Bonchev–Trinajstić information content (AvgIpc) is 3.07. The number of hydrogen-bond acceptors (Lipinski definition) is 9. The van der Waals surface area contributed by atoms with Gasteiger partial charge in [0.15, 0.2) is 5.82 Å². The standard InChI is InChI=1S/C15H17N5O5/c1-9-17-14(25-18-9)10-3-5-19(6-4-10)13-12(20(22)23)7-11(8-16-13)15(21)24-2/h7-8,10H,3-6H2,1-2H3. The molecule has 1 fully saturated rings. The number of anilines is 1. The van der Waals surface area contributed by atoms with E-state index in [0.717, 1.165) is 12.8 Å². The highest BCUT2D eigenvalue weighted by molar-refractivity contribution is 5.90. The molecule has 0 unspecified atom stereocenters. The van der Waals surface area contributed by atoms with Gasteiger partial charge in [0.2, 0.25) is 11.7 Å². The lowest BCUT2D eigenvalue weighted by molar-refractivity contribution is -0.384. The van der Waals surface area contributed by atoms with Gasteiger partial charge >= 0.3 is 11.7 Å². The van der Waals surface area contributed by atoms with Crippen molar-refractivity contribution in [1.82, 2.24) is 15.1 Å². The molecule has 25 heavy (non-hydrogen) atoms. The number of rotatable bonds is 4.